The van der Waals surface area contributed by atoms with Gasteiger partial charge in [-0.3, -0.25) is 0 Å². The van der Waals surface area contributed by atoms with Crippen molar-refractivity contribution in [2.75, 3.05) is 19.7 Å². The molecular formula is C6H12ClNO3S. The summed E-state index contributed by atoms with van der Waals surface area (Å²) in [4.78, 5) is 0. The molecule has 1 unspecified atom stereocenters. The second-order valence-corrected chi connectivity index (χ2v) is 5.32. The number of hydrogen-bond acceptors (Lipinski definition) is 3. The molecule has 0 aromatic heterocycles. The first-order chi connectivity index (χ1) is 5.50. The molecule has 12 heavy (non-hydrogen) atoms. The van der Waals surface area contributed by atoms with Gasteiger partial charge in [0.15, 0.2) is 0 Å². The summed E-state index contributed by atoms with van der Waals surface area (Å²) in [6.07, 6.45) is 0.819. The number of halogens is 1. The van der Waals surface area contributed by atoms with Crippen molar-refractivity contribution in [3.05, 3.63) is 0 Å². The molecule has 72 valence electrons. The molecule has 0 saturated carbocycles. The Morgan fingerprint density at radius 3 is 2.75 bits per heavy atom. The van der Waals surface area contributed by atoms with Crippen LogP contribution >= 0.6 is 10.7 Å². The Morgan fingerprint density at radius 1 is 1.50 bits per heavy atom. The maximum absolute atomic E-state index is 10.9. The van der Waals surface area contributed by atoms with Gasteiger partial charge in [-0.05, 0) is 13.3 Å². The largest absolute Gasteiger partial charge is 0.377 e. The van der Waals surface area contributed by atoms with E-state index in [0.29, 0.717) is 26.1 Å². The third-order valence-electron chi connectivity index (χ3n) is 1.84. The van der Waals surface area contributed by atoms with Gasteiger partial charge in [0.2, 0.25) is 0 Å². The summed E-state index contributed by atoms with van der Waals surface area (Å²) in [5, 5.41) is 0. The maximum atomic E-state index is 10.9. The van der Waals surface area contributed by atoms with Crippen LogP contribution in [0.1, 0.15) is 13.3 Å². The van der Waals surface area contributed by atoms with E-state index in [-0.39, 0.29) is 6.10 Å². The molecule has 0 aromatic carbocycles. The topological polar surface area (TPSA) is 46.6 Å². The van der Waals surface area contributed by atoms with E-state index in [2.05, 4.69) is 0 Å². The lowest BCUT2D eigenvalue weighted by Crippen LogP contribution is -2.29. The Balaban J connectivity index is 2.58. The number of hydrogen-bond donors (Lipinski definition) is 0. The molecule has 0 aliphatic carbocycles. The number of ether oxygens (including phenoxy) is 1. The minimum Gasteiger partial charge on any atom is -0.377 e. The molecular weight excluding hydrogens is 202 g/mol. The first kappa shape index (κ1) is 10.2. The van der Waals surface area contributed by atoms with Crippen LogP contribution in [0.5, 0.6) is 0 Å². The normalized spacial score (nSPS) is 28.3. The zero-order valence-corrected chi connectivity index (χ0v) is 8.44. The summed E-state index contributed by atoms with van der Waals surface area (Å²) in [5.74, 6) is 0. The smallest absolute Gasteiger partial charge is 0.299 e. The van der Waals surface area contributed by atoms with Crippen molar-refractivity contribution in [1.29, 1.82) is 0 Å². The van der Waals surface area contributed by atoms with Gasteiger partial charge in [-0.15, -0.1) is 0 Å². The first-order valence-electron chi connectivity index (χ1n) is 3.81. The molecule has 0 amide bonds. The standard InChI is InChI=1S/C6H12ClNO3S/c1-6-2-3-8(4-5-11-6)12(7,9)10/h6H,2-5H2,1H3. The predicted molar refractivity (Wildman–Crippen MR) is 46.4 cm³/mol. The molecule has 6 heteroatoms. The zero-order chi connectivity index (χ0) is 9.19. The highest BCUT2D eigenvalue weighted by Gasteiger charge is 2.22. The average molecular weight is 214 g/mol. The van der Waals surface area contributed by atoms with Crippen LogP contribution in [0.4, 0.5) is 0 Å². The van der Waals surface area contributed by atoms with Gasteiger partial charge >= 0.3 is 0 Å². The van der Waals surface area contributed by atoms with E-state index < -0.39 is 9.24 Å². The van der Waals surface area contributed by atoms with Crippen LogP contribution in [-0.4, -0.2) is 38.5 Å². The molecule has 1 fully saturated rings. The Morgan fingerprint density at radius 2 is 2.17 bits per heavy atom. The molecule has 1 aliphatic heterocycles. The Hall–Kier alpha value is 0.160. The van der Waals surface area contributed by atoms with E-state index in [1.165, 1.54) is 4.31 Å². The molecule has 0 bridgehead atoms. The maximum Gasteiger partial charge on any atom is 0.299 e. The summed E-state index contributed by atoms with van der Waals surface area (Å²) in [5.41, 5.74) is 0. The molecule has 1 atom stereocenters. The molecule has 4 nitrogen and oxygen atoms in total. The highest BCUT2D eigenvalue weighted by atomic mass is 35.7. The van der Waals surface area contributed by atoms with Crippen LogP contribution < -0.4 is 0 Å². The second kappa shape index (κ2) is 3.91. The fourth-order valence-electron chi connectivity index (χ4n) is 1.09. The molecule has 0 spiro atoms. The zero-order valence-electron chi connectivity index (χ0n) is 6.86. The van der Waals surface area contributed by atoms with Gasteiger partial charge in [-0.2, -0.15) is 12.7 Å². The lowest BCUT2D eigenvalue weighted by molar-refractivity contribution is 0.0771. The van der Waals surface area contributed by atoms with E-state index in [0.717, 1.165) is 0 Å². The van der Waals surface area contributed by atoms with E-state index in [1.54, 1.807) is 0 Å². The van der Waals surface area contributed by atoms with Gasteiger partial charge in [0.05, 0.1) is 12.7 Å². The van der Waals surface area contributed by atoms with Gasteiger partial charge in [-0.25, -0.2) is 0 Å². The fourth-order valence-corrected chi connectivity index (χ4v) is 2.12. The van der Waals surface area contributed by atoms with E-state index in [1.807, 2.05) is 6.92 Å². The van der Waals surface area contributed by atoms with Crippen LogP contribution in [0.15, 0.2) is 0 Å². The van der Waals surface area contributed by atoms with Crippen molar-refractivity contribution >= 4 is 19.9 Å². The first-order valence-corrected chi connectivity index (χ1v) is 6.08. The molecule has 0 radical (unpaired) electrons. The van der Waals surface area contributed by atoms with Gasteiger partial charge in [0, 0.05) is 23.8 Å². The molecule has 1 rings (SSSR count). The minimum atomic E-state index is -3.55. The van der Waals surface area contributed by atoms with Crippen molar-refractivity contribution in [3.8, 4) is 0 Å². The van der Waals surface area contributed by atoms with Crippen molar-refractivity contribution in [2.24, 2.45) is 0 Å². The van der Waals surface area contributed by atoms with Crippen molar-refractivity contribution in [1.82, 2.24) is 4.31 Å². The van der Waals surface area contributed by atoms with Crippen LogP contribution in [0.25, 0.3) is 0 Å². The lowest BCUT2D eigenvalue weighted by Gasteiger charge is -2.13. The Labute approximate surface area is 77.0 Å². The highest BCUT2D eigenvalue weighted by Crippen LogP contribution is 2.12. The number of rotatable bonds is 1. The molecule has 0 aromatic rings. The lowest BCUT2D eigenvalue weighted by atomic mass is 10.3. The van der Waals surface area contributed by atoms with Crippen molar-refractivity contribution in [2.45, 2.75) is 19.4 Å². The highest BCUT2D eigenvalue weighted by molar-refractivity contribution is 8.11. The van der Waals surface area contributed by atoms with Crippen molar-refractivity contribution in [3.63, 3.8) is 0 Å². The number of nitrogens with zero attached hydrogens (tertiary/aromatic N) is 1. The summed E-state index contributed by atoms with van der Waals surface area (Å²) >= 11 is 0. The molecule has 0 N–H and O–H groups in total. The predicted octanol–water partition coefficient (Wildman–Crippen LogP) is 0.581. The van der Waals surface area contributed by atoms with Crippen LogP contribution in [0, 0.1) is 0 Å². The summed E-state index contributed by atoms with van der Waals surface area (Å²) < 4.78 is 28.3. The summed E-state index contributed by atoms with van der Waals surface area (Å²) in [7, 11) is 1.63. The molecule has 1 saturated heterocycles. The van der Waals surface area contributed by atoms with Gasteiger partial charge < -0.3 is 4.74 Å². The molecule has 1 heterocycles. The van der Waals surface area contributed by atoms with Crippen LogP contribution in [0.2, 0.25) is 0 Å². The van der Waals surface area contributed by atoms with Gasteiger partial charge in [0.25, 0.3) is 9.24 Å². The summed E-state index contributed by atoms with van der Waals surface area (Å²) in [6.45, 7) is 3.15. The van der Waals surface area contributed by atoms with E-state index in [9.17, 15) is 8.42 Å². The third kappa shape index (κ3) is 2.90. The SMILES string of the molecule is CC1CCN(S(=O)(=O)Cl)CCO1. The van der Waals surface area contributed by atoms with Crippen LogP contribution in [0.3, 0.4) is 0 Å². The summed E-state index contributed by atoms with van der Waals surface area (Å²) in [6, 6.07) is 0. The fraction of sp³-hybridized carbons (Fsp3) is 1.00. The third-order valence-corrected chi connectivity index (χ3v) is 3.40. The van der Waals surface area contributed by atoms with Crippen molar-refractivity contribution < 1.29 is 13.2 Å². The monoisotopic (exact) mass is 213 g/mol. The minimum absolute atomic E-state index is 0.119. The quantitative estimate of drug-likeness (QED) is 0.599. The van der Waals surface area contributed by atoms with E-state index >= 15 is 0 Å². The van der Waals surface area contributed by atoms with Crippen LogP contribution in [-0.2, 0) is 14.0 Å². The molecule has 1 aliphatic rings. The second-order valence-electron chi connectivity index (χ2n) is 2.81. The van der Waals surface area contributed by atoms with E-state index in [4.69, 9.17) is 15.4 Å². The van der Waals surface area contributed by atoms with Gasteiger partial charge in [0.1, 0.15) is 0 Å². The Kier molecular flexibility index (Phi) is 3.34. The van der Waals surface area contributed by atoms with Gasteiger partial charge in [-0.1, -0.05) is 0 Å². The average Bonchev–Trinajstić information content (AvgIpc) is 2.11. The Bertz CT molecular complexity index is 241.